The maximum atomic E-state index is 13.2. The first-order valence-electron chi connectivity index (χ1n) is 14.2. The van der Waals surface area contributed by atoms with Gasteiger partial charge in [-0.2, -0.15) is 0 Å². The number of amides is 2. The van der Waals surface area contributed by atoms with Gasteiger partial charge in [0.1, 0.15) is 0 Å². The second-order valence-electron chi connectivity index (χ2n) is 11.0. The van der Waals surface area contributed by atoms with Gasteiger partial charge in [0.15, 0.2) is 0 Å². The van der Waals surface area contributed by atoms with Crippen molar-refractivity contribution in [3.8, 4) is 0 Å². The number of likely N-dealkylation sites (tertiary alicyclic amines) is 1. The van der Waals surface area contributed by atoms with Crippen molar-refractivity contribution in [1.29, 1.82) is 0 Å². The first-order chi connectivity index (χ1) is 19.0. The molecule has 39 heavy (non-hydrogen) atoms. The Morgan fingerprint density at radius 3 is 2.44 bits per heavy atom. The molecule has 2 aliphatic heterocycles. The second kappa shape index (κ2) is 11.1. The van der Waals surface area contributed by atoms with Gasteiger partial charge in [0.2, 0.25) is 0 Å². The van der Waals surface area contributed by atoms with Gasteiger partial charge in [-0.05, 0) is 93.1 Å². The van der Waals surface area contributed by atoms with E-state index in [1.165, 1.54) is 37.9 Å². The van der Waals surface area contributed by atoms with Crippen molar-refractivity contribution in [2.45, 2.75) is 51.6 Å². The van der Waals surface area contributed by atoms with E-state index in [1.54, 1.807) is 6.07 Å². The molecule has 2 heterocycles. The van der Waals surface area contributed by atoms with Crippen LogP contribution in [0.4, 0.5) is 11.4 Å². The summed E-state index contributed by atoms with van der Waals surface area (Å²) in [7, 11) is 0. The fourth-order valence-corrected chi connectivity index (χ4v) is 5.65. The number of nitrogens with zero attached hydrogens (tertiary/aromatic N) is 1. The molecule has 0 radical (unpaired) electrons. The number of carbonyl (C=O) groups excluding carboxylic acids is 2. The molecule has 3 aromatic carbocycles. The van der Waals surface area contributed by atoms with Crippen LogP contribution in [0.25, 0.3) is 5.57 Å². The molecular weight excluding hydrogens is 484 g/mol. The highest BCUT2D eigenvalue weighted by Gasteiger charge is 2.35. The number of hydrogen-bond acceptors (Lipinski definition) is 4. The maximum absolute atomic E-state index is 13.2. The van der Waals surface area contributed by atoms with Crippen LogP contribution < -0.4 is 16.0 Å². The fourth-order valence-electron chi connectivity index (χ4n) is 5.65. The van der Waals surface area contributed by atoms with E-state index in [-0.39, 0.29) is 17.9 Å². The smallest absolute Gasteiger partial charge is 0.258 e. The third-order valence-electron chi connectivity index (χ3n) is 8.02. The number of piperidine rings is 1. The lowest BCUT2D eigenvalue weighted by atomic mass is 9.99. The average Bonchev–Trinajstić information content (AvgIpc) is 3.76. The van der Waals surface area contributed by atoms with Crippen molar-refractivity contribution in [1.82, 2.24) is 10.2 Å². The van der Waals surface area contributed by atoms with Crippen LogP contribution in [0, 0.1) is 5.92 Å². The van der Waals surface area contributed by atoms with Gasteiger partial charge in [0.05, 0.1) is 11.6 Å². The number of hydrogen-bond donors (Lipinski definition) is 3. The number of benzene rings is 3. The van der Waals surface area contributed by atoms with Crippen LogP contribution in [0.2, 0.25) is 0 Å². The van der Waals surface area contributed by atoms with E-state index < -0.39 is 0 Å². The molecule has 0 spiro atoms. The van der Waals surface area contributed by atoms with Gasteiger partial charge >= 0.3 is 0 Å². The molecule has 6 rings (SSSR count). The second-order valence-corrected chi connectivity index (χ2v) is 11.0. The summed E-state index contributed by atoms with van der Waals surface area (Å²) in [5.74, 6) is 0.0507. The third-order valence-corrected chi connectivity index (χ3v) is 8.02. The van der Waals surface area contributed by atoms with Crippen LogP contribution in [0.5, 0.6) is 0 Å². The lowest BCUT2D eigenvalue weighted by molar-refractivity contribution is -0.110. The number of fused-ring (bicyclic) bond motifs is 1. The van der Waals surface area contributed by atoms with E-state index in [0.717, 1.165) is 47.6 Å². The SMILES string of the molecule is C[C@@H](NC(=O)c1ccc2c(c1)C(=C(Nc1ccc(CN3CCCCC3)cc1)C1CC1)C(=O)N2)c1ccccc1. The third kappa shape index (κ3) is 5.76. The summed E-state index contributed by atoms with van der Waals surface area (Å²) in [5, 5.41) is 9.69. The number of rotatable bonds is 8. The van der Waals surface area contributed by atoms with E-state index in [0.29, 0.717) is 17.1 Å². The summed E-state index contributed by atoms with van der Waals surface area (Å²) >= 11 is 0. The van der Waals surface area contributed by atoms with E-state index in [4.69, 9.17) is 0 Å². The predicted molar refractivity (Wildman–Crippen MR) is 156 cm³/mol. The molecule has 0 aromatic heterocycles. The van der Waals surface area contributed by atoms with Crippen molar-refractivity contribution in [2.75, 3.05) is 23.7 Å². The van der Waals surface area contributed by atoms with Crippen molar-refractivity contribution in [2.24, 2.45) is 5.92 Å². The highest BCUT2D eigenvalue weighted by atomic mass is 16.2. The first kappa shape index (κ1) is 25.4. The Kier molecular flexibility index (Phi) is 7.20. The standard InChI is InChI=1S/C33H36N4O2/c1-22(24-8-4-2-5-9-24)34-32(38)26-14-17-29-28(20-26)30(33(39)36-29)31(25-12-13-25)35-27-15-10-23(11-16-27)21-37-18-6-3-7-19-37/h2,4-5,8-11,14-17,20,22,25,35H,3,6-7,12-13,18-19,21H2,1H3,(H,34,38)(H,36,39)/t22-/m1/s1. The van der Waals surface area contributed by atoms with Gasteiger partial charge < -0.3 is 16.0 Å². The van der Waals surface area contributed by atoms with Crippen LogP contribution in [0.3, 0.4) is 0 Å². The summed E-state index contributed by atoms with van der Waals surface area (Å²) in [6, 6.07) is 23.9. The molecule has 6 nitrogen and oxygen atoms in total. The summed E-state index contributed by atoms with van der Waals surface area (Å²) in [6.07, 6.45) is 6.02. The highest BCUT2D eigenvalue weighted by Crippen LogP contribution is 2.44. The normalized spacial score (nSPS) is 19.2. The van der Waals surface area contributed by atoms with Crippen LogP contribution >= 0.6 is 0 Å². The van der Waals surface area contributed by atoms with E-state index >= 15 is 0 Å². The zero-order valence-electron chi connectivity index (χ0n) is 22.5. The molecule has 1 saturated carbocycles. The quantitative estimate of drug-likeness (QED) is 0.303. The van der Waals surface area contributed by atoms with E-state index in [9.17, 15) is 9.59 Å². The Morgan fingerprint density at radius 2 is 1.72 bits per heavy atom. The molecule has 0 unspecified atom stereocenters. The molecule has 200 valence electrons. The molecule has 2 amide bonds. The van der Waals surface area contributed by atoms with Gasteiger partial charge in [-0.1, -0.05) is 48.9 Å². The first-order valence-corrected chi connectivity index (χ1v) is 14.2. The lowest BCUT2D eigenvalue weighted by Crippen LogP contribution is -2.29. The molecule has 1 saturated heterocycles. The van der Waals surface area contributed by atoms with Gasteiger partial charge in [0.25, 0.3) is 11.8 Å². The zero-order chi connectivity index (χ0) is 26.8. The van der Waals surface area contributed by atoms with Crippen molar-refractivity contribution in [3.05, 3.63) is 101 Å². The van der Waals surface area contributed by atoms with Gasteiger partial charge in [0, 0.05) is 34.7 Å². The minimum absolute atomic E-state index is 0.115. The van der Waals surface area contributed by atoms with Gasteiger partial charge in [-0.25, -0.2) is 0 Å². The largest absolute Gasteiger partial charge is 0.358 e. The van der Waals surface area contributed by atoms with Crippen LogP contribution in [0.15, 0.2) is 78.5 Å². The number of carbonyl (C=O) groups is 2. The summed E-state index contributed by atoms with van der Waals surface area (Å²) < 4.78 is 0. The van der Waals surface area contributed by atoms with E-state index in [2.05, 4.69) is 45.1 Å². The van der Waals surface area contributed by atoms with E-state index in [1.807, 2.05) is 49.4 Å². The summed E-state index contributed by atoms with van der Waals surface area (Å²) in [5.41, 5.74) is 7.02. The Bertz CT molecular complexity index is 1390. The number of nitrogens with one attached hydrogen (secondary N) is 3. The summed E-state index contributed by atoms with van der Waals surface area (Å²) in [4.78, 5) is 28.9. The van der Waals surface area contributed by atoms with Crippen molar-refractivity contribution in [3.63, 3.8) is 0 Å². The monoisotopic (exact) mass is 520 g/mol. The molecular formula is C33H36N4O2. The Morgan fingerprint density at radius 1 is 0.974 bits per heavy atom. The van der Waals surface area contributed by atoms with Gasteiger partial charge in [-0.3, -0.25) is 14.5 Å². The predicted octanol–water partition coefficient (Wildman–Crippen LogP) is 6.35. The minimum Gasteiger partial charge on any atom is -0.358 e. The molecule has 3 aromatic rings. The van der Waals surface area contributed by atoms with Crippen LogP contribution in [-0.2, 0) is 11.3 Å². The highest BCUT2D eigenvalue weighted by molar-refractivity contribution is 6.32. The topological polar surface area (TPSA) is 73.5 Å². The van der Waals surface area contributed by atoms with Crippen molar-refractivity contribution < 1.29 is 9.59 Å². The Labute approximate surface area is 230 Å². The summed E-state index contributed by atoms with van der Waals surface area (Å²) in [6.45, 7) is 5.32. The number of anilines is 2. The average molecular weight is 521 g/mol. The molecule has 0 bridgehead atoms. The molecule has 3 aliphatic rings. The van der Waals surface area contributed by atoms with Crippen LogP contribution in [-0.4, -0.2) is 29.8 Å². The Balaban J connectivity index is 1.23. The molecule has 6 heteroatoms. The minimum atomic E-state index is -0.155. The molecule has 3 N–H and O–H groups in total. The maximum Gasteiger partial charge on any atom is 0.258 e. The molecule has 1 atom stereocenters. The number of allylic oxidation sites excluding steroid dienone is 1. The zero-order valence-corrected chi connectivity index (χ0v) is 22.5. The molecule has 2 fully saturated rings. The fraction of sp³-hybridized carbons (Fsp3) is 0.333. The Hall–Kier alpha value is -3.90. The lowest BCUT2D eigenvalue weighted by Gasteiger charge is -2.26. The molecule has 1 aliphatic carbocycles. The van der Waals surface area contributed by atoms with Crippen LogP contribution in [0.1, 0.15) is 72.1 Å². The van der Waals surface area contributed by atoms with Crippen molar-refractivity contribution >= 4 is 28.8 Å². The van der Waals surface area contributed by atoms with Gasteiger partial charge in [-0.15, -0.1) is 0 Å².